The summed E-state index contributed by atoms with van der Waals surface area (Å²) >= 11 is 6.24. The third kappa shape index (κ3) is 7.14. The Morgan fingerprint density at radius 3 is 2.69 bits per heavy atom. The molecule has 2 aromatic rings. The number of carbonyl (C=O) groups excluding carboxylic acids is 1. The molecular formula is C27H35ClN2O5S. The van der Waals surface area contributed by atoms with Crippen LogP contribution in [0.3, 0.4) is 0 Å². The van der Waals surface area contributed by atoms with Crippen LogP contribution in [-0.2, 0) is 27.6 Å². The molecule has 0 bridgehead atoms. The van der Waals surface area contributed by atoms with Crippen LogP contribution >= 0.6 is 11.6 Å². The molecule has 1 amide bonds. The summed E-state index contributed by atoms with van der Waals surface area (Å²) < 4.78 is 37.4. The molecule has 36 heavy (non-hydrogen) atoms. The molecule has 1 saturated carbocycles. The molecular weight excluding hydrogens is 500 g/mol. The second kappa shape index (κ2) is 11.8. The molecule has 2 atom stereocenters. The summed E-state index contributed by atoms with van der Waals surface area (Å²) in [6.45, 7) is 2.67. The van der Waals surface area contributed by atoms with Crippen LogP contribution in [-0.4, -0.2) is 57.4 Å². The summed E-state index contributed by atoms with van der Waals surface area (Å²) in [5, 5.41) is 3.73. The zero-order valence-electron chi connectivity index (χ0n) is 20.9. The lowest BCUT2D eigenvalue weighted by atomic mass is 9.76. The number of carbonyl (C=O) groups is 1. The van der Waals surface area contributed by atoms with Crippen LogP contribution in [0.5, 0.6) is 5.75 Å². The SMILES string of the molecule is CCOC(=O)NC1CCc2ccc(OCCN(C)S(=O)(=O)CC3CC3)cc2C1Cc1cccc(Cl)c1. The van der Waals surface area contributed by atoms with Gasteiger partial charge in [-0.1, -0.05) is 29.8 Å². The molecule has 0 saturated heterocycles. The molecule has 2 aromatic carbocycles. The van der Waals surface area contributed by atoms with E-state index in [1.54, 1.807) is 14.0 Å². The molecule has 0 aromatic heterocycles. The van der Waals surface area contributed by atoms with Crippen LogP contribution in [0.25, 0.3) is 0 Å². The fraction of sp³-hybridized carbons (Fsp3) is 0.519. The molecule has 0 heterocycles. The van der Waals surface area contributed by atoms with E-state index in [2.05, 4.69) is 11.4 Å². The zero-order chi connectivity index (χ0) is 25.7. The van der Waals surface area contributed by atoms with Crippen LogP contribution < -0.4 is 10.1 Å². The minimum Gasteiger partial charge on any atom is -0.492 e. The van der Waals surface area contributed by atoms with Crippen molar-refractivity contribution in [2.75, 3.05) is 32.6 Å². The summed E-state index contributed by atoms with van der Waals surface area (Å²) in [6.07, 6.45) is 3.94. The van der Waals surface area contributed by atoms with Crippen LogP contribution in [0.2, 0.25) is 5.02 Å². The normalized spacial score (nSPS) is 19.6. The molecule has 0 radical (unpaired) electrons. The molecule has 0 aliphatic heterocycles. The maximum atomic E-state index is 12.4. The standard InChI is InChI=1S/C27H35ClN2O5S/c1-3-34-27(31)29-26-12-10-21-9-11-23(35-14-13-30(2)36(32,33)18-19-7-8-19)17-24(21)25(26)16-20-5-4-6-22(28)15-20/h4-6,9,11,15,17,19,25-26H,3,7-8,10,12-14,16,18H2,1-2H3,(H,29,31). The van der Waals surface area contributed by atoms with Gasteiger partial charge in [0.05, 0.1) is 12.4 Å². The number of nitrogens with one attached hydrogen (secondary N) is 1. The number of benzene rings is 2. The van der Waals surface area contributed by atoms with Gasteiger partial charge in [0.15, 0.2) is 0 Å². The molecule has 196 valence electrons. The lowest BCUT2D eigenvalue weighted by Crippen LogP contribution is -2.43. The van der Waals surface area contributed by atoms with Crippen molar-refractivity contribution in [1.82, 2.24) is 9.62 Å². The zero-order valence-corrected chi connectivity index (χ0v) is 22.5. The van der Waals surface area contributed by atoms with E-state index in [4.69, 9.17) is 21.1 Å². The number of aryl methyl sites for hydroxylation is 1. The van der Waals surface area contributed by atoms with E-state index in [9.17, 15) is 13.2 Å². The lowest BCUT2D eigenvalue weighted by Gasteiger charge is -2.34. The van der Waals surface area contributed by atoms with E-state index in [-0.39, 0.29) is 24.3 Å². The molecule has 1 fully saturated rings. The fourth-order valence-electron chi connectivity index (χ4n) is 4.77. The maximum Gasteiger partial charge on any atom is 0.407 e. The van der Waals surface area contributed by atoms with Gasteiger partial charge >= 0.3 is 6.09 Å². The molecule has 1 N–H and O–H groups in total. The summed E-state index contributed by atoms with van der Waals surface area (Å²) in [4.78, 5) is 12.3. The Bertz CT molecular complexity index is 1170. The molecule has 0 spiro atoms. The number of hydrogen-bond donors (Lipinski definition) is 1. The number of hydrogen-bond acceptors (Lipinski definition) is 5. The van der Waals surface area contributed by atoms with Gasteiger partial charge in [-0.05, 0) is 85.9 Å². The Hall–Kier alpha value is -2.29. The molecule has 7 nitrogen and oxygen atoms in total. The third-order valence-electron chi connectivity index (χ3n) is 6.94. The Morgan fingerprint density at radius 1 is 1.17 bits per heavy atom. The third-order valence-corrected chi connectivity index (χ3v) is 9.20. The first kappa shape index (κ1) is 26.8. The van der Waals surface area contributed by atoms with Crippen LogP contribution in [0, 0.1) is 5.92 Å². The van der Waals surface area contributed by atoms with Crippen LogP contribution in [0.1, 0.15) is 48.8 Å². The monoisotopic (exact) mass is 534 g/mol. The highest BCUT2D eigenvalue weighted by Gasteiger charge is 2.32. The van der Waals surface area contributed by atoms with E-state index in [0.717, 1.165) is 36.8 Å². The van der Waals surface area contributed by atoms with Crippen molar-refractivity contribution in [1.29, 1.82) is 0 Å². The number of halogens is 1. The molecule has 4 rings (SSSR count). The summed E-state index contributed by atoms with van der Waals surface area (Å²) in [5.74, 6) is 1.24. The number of ether oxygens (including phenoxy) is 2. The van der Waals surface area contributed by atoms with E-state index < -0.39 is 16.1 Å². The summed E-state index contributed by atoms with van der Waals surface area (Å²) in [5.41, 5.74) is 3.43. The Labute approximate surface area is 219 Å². The number of amides is 1. The van der Waals surface area contributed by atoms with Gasteiger partial charge in [-0.25, -0.2) is 17.5 Å². The van der Waals surface area contributed by atoms with Gasteiger partial charge in [0, 0.05) is 30.6 Å². The molecule has 2 aliphatic rings. The van der Waals surface area contributed by atoms with Gasteiger partial charge in [-0.15, -0.1) is 0 Å². The highest BCUT2D eigenvalue weighted by atomic mass is 35.5. The minimum absolute atomic E-state index is 0.0155. The molecule has 9 heteroatoms. The Kier molecular flexibility index (Phi) is 8.80. The second-order valence-corrected chi connectivity index (χ2v) is 12.3. The Balaban J connectivity index is 1.48. The average molecular weight is 535 g/mol. The average Bonchev–Trinajstić information content (AvgIpc) is 3.64. The predicted octanol–water partition coefficient (Wildman–Crippen LogP) is 4.78. The van der Waals surface area contributed by atoms with Gasteiger partial charge in [0.2, 0.25) is 10.0 Å². The van der Waals surface area contributed by atoms with Crippen LogP contribution in [0.15, 0.2) is 42.5 Å². The predicted molar refractivity (Wildman–Crippen MR) is 141 cm³/mol. The first-order valence-electron chi connectivity index (χ1n) is 12.6. The minimum atomic E-state index is -3.25. The number of fused-ring (bicyclic) bond motifs is 1. The largest absolute Gasteiger partial charge is 0.492 e. The molecule has 2 unspecified atom stereocenters. The quantitative estimate of drug-likeness (QED) is 0.448. The first-order valence-corrected chi connectivity index (χ1v) is 14.6. The van der Waals surface area contributed by atoms with Gasteiger partial charge in [0.25, 0.3) is 0 Å². The van der Waals surface area contributed by atoms with Gasteiger partial charge < -0.3 is 14.8 Å². The van der Waals surface area contributed by atoms with Crippen molar-refractivity contribution in [3.8, 4) is 5.75 Å². The Morgan fingerprint density at radius 2 is 1.97 bits per heavy atom. The highest BCUT2D eigenvalue weighted by Crippen LogP contribution is 2.37. The maximum absolute atomic E-state index is 12.4. The number of alkyl carbamates (subject to hydrolysis) is 1. The van der Waals surface area contributed by atoms with E-state index in [1.165, 1.54) is 9.87 Å². The number of nitrogens with zero attached hydrogens (tertiary/aromatic N) is 1. The van der Waals surface area contributed by atoms with Crippen molar-refractivity contribution in [2.45, 2.75) is 51.0 Å². The van der Waals surface area contributed by atoms with Crippen LogP contribution in [0.4, 0.5) is 4.79 Å². The second-order valence-electron chi connectivity index (χ2n) is 9.70. The summed E-state index contributed by atoms with van der Waals surface area (Å²) in [7, 11) is -1.63. The smallest absolute Gasteiger partial charge is 0.407 e. The topological polar surface area (TPSA) is 84.9 Å². The van der Waals surface area contributed by atoms with Crippen molar-refractivity contribution in [3.05, 3.63) is 64.2 Å². The van der Waals surface area contributed by atoms with Crippen molar-refractivity contribution in [2.24, 2.45) is 5.92 Å². The molecule has 2 aliphatic carbocycles. The fourth-order valence-corrected chi connectivity index (χ4v) is 6.52. The van der Waals surface area contributed by atoms with Crippen molar-refractivity contribution >= 4 is 27.7 Å². The van der Waals surface area contributed by atoms with Crippen molar-refractivity contribution < 1.29 is 22.7 Å². The van der Waals surface area contributed by atoms with Gasteiger partial charge in [0.1, 0.15) is 12.4 Å². The van der Waals surface area contributed by atoms with E-state index in [1.807, 2.05) is 36.4 Å². The van der Waals surface area contributed by atoms with E-state index >= 15 is 0 Å². The number of likely N-dealkylation sites (N-methyl/N-ethyl adjacent to an activating group) is 1. The summed E-state index contributed by atoms with van der Waals surface area (Å²) in [6, 6.07) is 13.7. The lowest BCUT2D eigenvalue weighted by molar-refractivity contribution is 0.144. The van der Waals surface area contributed by atoms with E-state index in [0.29, 0.717) is 36.3 Å². The number of sulfonamides is 1. The number of rotatable bonds is 11. The van der Waals surface area contributed by atoms with Gasteiger partial charge in [-0.3, -0.25) is 0 Å². The van der Waals surface area contributed by atoms with Crippen molar-refractivity contribution in [3.63, 3.8) is 0 Å². The first-order chi connectivity index (χ1) is 17.2. The van der Waals surface area contributed by atoms with Gasteiger partial charge in [-0.2, -0.15) is 0 Å². The highest BCUT2D eigenvalue weighted by molar-refractivity contribution is 7.89.